The molecule has 0 fully saturated rings. The number of carbonyl (C=O) groups excluding carboxylic acids is 1. The van der Waals surface area contributed by atoms with Gasteiger partial charge in [0.25, 0.3) is 0 Å². The van der Waals surface area contributed by atoms with Crippen LogP contribution in [0, 0.1) is 5.92 Å². The molecule has 54 valence electrons. The van der Waals surface area contributed by atoms with Crippen molar-refractivity contribution < 1.29 is 18.0 Å². The standard InChI is InChI=1S/C5H7F3O/c1-3(2)5(7,8)4(6)9/h3H,1-2H3. The van der Waals surface area contributed by atoms with Crippen LogP contribution >= 0.6 is 0 Å². The van der Waals surface area contributed by atoms with E-state index in [0.29, 0.717) is 0 Å². The third kappa shape index (κ3) is 1.69. The van der Waals surface area contributed by atoms with Gasteiger partial charge >= 0.3 is 12.0 Å². The fourth-order valence-corrected chi connectivity index (χ4v) is 0.227. The molecular formula is C5H7F3O. The van der Waals surface area contributed by atoms with Gasteiger partial charge in [-0.05, 0) is 0 Å². The van der Waals surface area contributed by atoms with Crippen molar-refractivity contribution in [1.29, 1.82) is 0 Å². The van der Waals surface area contributed by atoms with Crippen molar-refractivity contribution in [3.63, 3.8) is 0 Å². The van der Waals surface area contributed by atoms with Crippen LogP contribution in [0.1, 0.15) is 13.8 Å². The summed E-state index contributed by atoms with van der Waals surface area (Å²) < 4.78 is 35.2. The van der Waals surface area contributed by atoms with Crippen LogP contribution in [-0.4, -0.2) is 12.0 Å². The third-order valence-electron chi connectivity index (χ3n) is 0.987. The van der Waals surface area contributed by atoms with Crippen molar-refractivity contribution in [2.24, 2.45) is 5.92 Å². The molecule has 0 spiro atoms. The van der Waals surface area contributed by atoms with Gasteiger partial charge in [0.2, 0.25) is 0 Å². The third-order valence-corrected chi connectivity index (χ3v) is 0.987. The van der Waals surface area contributed by atoms with Gasteiger partial charge in [-0.3, -0.25) is 4.79 Å². The molecule has 0 aromatic heterocycles. The predicted molar refractivity (Wildman–Crippen MR) is 25.9 cm³/mol. The fraction of sp³-hybridized carbons (Fsp3) is 0.800. The number of hydrogen-bond acceptors (Lipinski definition) is 1. The maximum Gasteiger partial charge on any atom is 0.370 e. The minimum absolute atomic E-state index is 1.08. The second kappa shape index (κ2) is 2.37. The van der Waals surface area contributed by atoms with E-state index in [9.17, 15) is 18.0 Å². The molecule has 4 heteroatoms. The molecule has 0 aliphatic rings. The van der Waals surface area contributed by atoms with E-state index in [0.717, 1.165) is 13.8 Å². The molecule has 0 rings (SSSR count). The summed E-state index contributed by atoms with van der Waals surface area (Å²) in [5.41, 5.74) is 0. The first-order chi connectivity index (χ1) is 3.89. The lowest BCUT2D eigenvalue weighted by atomic mass is 10.1. The Morgan fingerprint density at radius 1 is 1.44 bits per heavy atom. The highest BCUT2D eigenvalue weighted by atomic mass is 19.3. The second-order valence-electron chi connectivity index (χ2n) is 2.05. The van der Waals surface area contributed by atoms with E-state index >= 15 is 0 Å². The summed E-state index contributed by atoms with van der Waals surface area (Å²) in [5.74, 6) is -5.07. The van der Waals surface area contributed by atoms with E-state index in [1.165, 1.54) is 0 Å². The van der Waals surface area contributed by atoms with E-state index in [2.05, 4.69) is 0 Å². The van der Waals surface area contributed by atoms with Gasteiger partial charge in [-0.25, -0.2) is 0 Å². The van der Waals surface area contributed by atoms with Crippen molar-refractivity contribution in [3.8, 4) is 0 Å². The zero-order valence-electron chi connectivity index (χ0n) is 5.12. The molecule has 0 saturated heterocycles. The molecule has 0 radical (unpaired) electrons. The molecule has 0 aromatic carbocycles. The fourth-order valence-electron chi connectivity index (χ4n) is 0.227. The lowest BCUT2D eigenvalue weighted by Crippen LogP contribution is -2.31. The van der Waals surface area contributed by atoms with Crippen molar-refractivity contribution in [2.75, 3.05) is 0 Å². The van der Waals surface area contributed by atoms with Gasteiger partial charge in [-0.2, -0.15) is 13.2 Å². The van der Waals surface area contributed by atoms with E-state index in [1.807, 2.05) is 0 Å². The molecule has 0 unspecified atom stereocenters. The molecule has 0 atom stereocenters. The topological polar surface area (TPSA) is 17.1 Å². The summed E-state index contributed by atoms with van der Waals surface area (Å²) in [5, 5.41) is 0. The number of halogens is 3. The molecule has 1 nitrogen and oxygen atoms in total. The number of rotatable bonds is 2. The van der Waals surface area contributed by atoms with Crippen LogP contribution in [-0.2, 0) is 4.79 Å². The maximum atomic E-state index is 11.9. The minimum Gasteiger partial charge on any atom is -0.254 e. The van der Waals surface area contributed by atoms with E-state index in [-0.39, 0.29) is 0 Å². The Morgan fingerprint density at radius 2 is 1.78 bits per heavy atom. The molecule has 0 amide bonds. The Bertz CT molecular complexity index is 119. The molecule has 0 aliphatic heterocycles. The first-order valence-corrected chi connectivity index (χ1v) is 2.46. The lowest BCUT2D eigenvalue weighted by molar-refractivity contribution is -0.161. The smallest absolute Gasteiger partial charge is 0.254 e. The lowest BCUT2D eigenvalue weighted by Gasteiger charge is -2.12. The van der Waals surface area contributed by atoms with Crippen molar-refractivity contribution >= 4 is 6.04 Å². The highest BCUT2D eigenvalue weighted by Crippen LogP contribution is 2.24. The number of alkyl halides is 2. The monoisotopic (exact) mass is 140 g/mol. The van der Waals surface area contributed by atoms with Gasteiger partial charge < -0.3 is 0 Å². The molecule has 0 aliphatic carbocycles. The molecule has 0 heterocycles. The first-order valence-electron chi connectivity index (χ1n) is 2.46. The van der Waals surface area contributed by atoms with Crippen molar-refractivity contribution in [2.45, 2.75) is 19.8 Å². The Labute approximate surface area is 50.9 Å². The van der Waals surface area contributed by atoms with Crippen LogP contribution < -0.4 is 0 Å². The van der Waals surface area contributed by atoms with Gasteiger partial charge in [-0.1, -0.05) is 13.8 Å². The number of carbonyl (C=O) groups is 1. The molecule has 9 heavy (non-hydrogen) atoms. The van der Waals surface area contributed by atoms with Gasteiger partial charge in [0.05, 0.1) is 0 Å². The summed E-state index contributed by atoms with van der Waals surface area (Å²) in [4.78, 5) is 9.49. The van der Waals surface area contributed by atoms with Crippen LogP contribution in [0.2, 0.25) is 0 Å². The second-order valence-corrected chi connectivity index (χ2v) is 2.05. The highest BCUT2D eigenvalue weighted by Gasteiger charge is 2.42. The Morgan fingerprint density at radius 3 is 1.78 bits per heavy atom. The molecular weight excluding hydrogens is 133 g/mol. The molecule has 0 aromatic rings. The van der Waals surface area contributed by atoms with Gasteiger partial charge in [0.1, 0.15) is 0 Å². The van der Waals surface area contributed by atoms with Gasteiger partial charge in [0, 0.05) is 5.92 Å². The van der Waals surface area contributed by atoms with Crippen LogP contribution in [0.25, 0.3) is 0 Å². The zero-order valence-corrected chi connectivity index (χ0v) is 5.12. The van der Waals surface area contributed by atoms with Crippen LogP contribution in [0.15, 0.2) is 0 Å². The Hall–Kier alpha value is -0.540. The summed E-state index contributed by atoms with van der Waals surface area (Å²) in [6.07, 6.45) is 0. The average Bonchev–Trinajstić information content (AvgIpc) is 1.65. The zero-order chi connectivity index (χ0) is 7.65. The van der Waals surface area contributed by atoms with Crippen molar-refractivity contribution in [1.82, 2.24) is 0 Å². The van der Waals surface area contributed by atoms with E-state index < -0.39 is 17.9 Å². The minimum atomic E-state index is -3.81. The summed E-state index contributed by atoms with van der Waals surface area (Å²) in [6, 6.07) is -2.56. The van der Waals surface area contributed by atoms with E-state index in [4.69, 9.17) is 0 Å². The van der Waals surface area contributed by atoms with Crippen molar-refractivity contribution in [3.05, 3.63) is 0 Å². The van der Waals surface area contributed by atoms with Gasteiger partial charge in [-0.15, -0.1) is 0 Å². The summed E-state index contributed by atoms with van der Waals surface area (Å²) >= 11 is 0. The first kappa shape index (κ1) is 8.46. The average molecular weight is 140 g/mol. The van der Waals surface area contributed by atoms with Gasteiger partial charge in [0.15, 0.2) is 0 Å². The normalized spacial score (nSPS) is 12.2. The van der Waals surface area contributed by atoms with Crippen LogP contribution in [0.3, 0.4) is 0 Å². The predicted octanol–water partition coefficient (Wildman–Crippen LogP) is 1.77. The Balaban J connectivity index is 4.19. The SMILES string of the molecule is CC(C)C(F)(F)C(=O)F. The van der Waals surface area contributed by atoms with Crippen LogP contribution in [0.5, 0.6) is 0 Å². The summed E-state index contributed by atoms with van der Waals surface area (Å²) in [6.45, 7) is 2.16. The molecule has 0 saturated carbocycles. The maximum absolute atomic E-state index is 11.9. The van der Waals surface area contributed by atoms with E-state index in [1.54, 1.807) is 0 Å². The quantitative estimate of drug-likeness (QED) is 0.534. The van der Waals surface area contributed by atoms with Crippen LogP contribution in [0.4, 0.5) is 13.2 Å². The number of hydrogen-bond donors (Lipinski definition) is 0. The Kier molecular flexibility index (Phi) is 2.23. The summed E-state index contributed by atoms with van der Waals surface area (Å²) in [7, 11) is 0. The molecule has 0 N–H and O–H groups in total. The highest BCUT2D eigenvalue weighted by molar-refractivity contribution is 5.76. The molecule has 0 bridgehead atoms. The largest absolute Gasteiger partial charge is 0.370 e.